The molecule has 2 heterocycles. The van der Waals surface area contributed by atoms with E-state index in [1.165, 1.54) is 33.2 Å². The predicted octanol–water partition coefficient (Wildman–Crippen LogP) is 3.84. The average molecular weight is 333 g/mol. The van der Waals surface area contributed by atoms with Crippen molar-refractivity contribution < 1.29 is 0 Å². The van der Waals surface area contributed by atoms with Gasteiger partial charge in [-0.05, 0) is 54.8 Å². The fourth-order valence-electron chi connectivity index (χ4n) is 3.98. The number of rotatable bonds is 5. The van der Waals surface area contributed by atoms with Gasteiger partial charge in [0.05, 0.1) is 0 Å². The minimum absolute atomic E-state index is 0.494. The van der Waals surface area contributed by atoms with Gasteiger partial charge in [-0.25, -0.2) is 0 Å². The third-order valence-corrected chi connectivity index (χ3v) is 5.45. The van der Waals surface area contributed by atoms with Crippen molar-refractivity contribution in [3.63, 3.8) is 0 Å². The first-order valence-electron chi connectivity index (χ1n) is 9.17. The Hall–Kier alpha value is -2.10. The van der Waals surface area contributed by atoms with E-state index in [0.29, 0.717) is 6.04 Å². The predicted molar refractivity (Wildman–Crippen MR) is 105 cm³/mol. The van der Waals surface area contributed by atoms with E-state index in [0.717, 1.165) is 26.1 Å². The van der Waals surface area contributed by atoms with Gasteiger partial charge in [-0.2, -0.15) is 0 Å². The van der Waals surface area contributed by atoms with Gasteiger partial charge in [0.2, 0.25) is 0 Å². The van der Waals surface area contributed by atoms with Crippen molar-refractivity contribution in [1.29, 1.82) is 0 Å². The van der Waals surface area contributed by atoms with Crippen LogP contribution in [0.3, 0.4) is 0 Å². The van der Waals surface area contributed by atoms with Crippen LogP contribution < -0.4 is 5.32 Å². The lowest BCUT2D eigenvalue weighted by Gasteiger charge is -2.14. The summed E-state index contributed by atoms with van der Waals surface area (Å²) in [4.78, 5) is 2.54. The molecule has 3 aromatic rings. The van der Waals surface area contributed by atoms with Crippen LogP contribution in [0.15, 0.2) is 48.7 Å². The van der Waals surface area contributed by atoms with Gasteiger partial charge in [-0.3, -0.25) is 4.90 Å². The van der Waals surface area contributed by atoms with Crippen molar-refractivity contribution in [1.82, 2.24) is 14.8 Å². The summed E-state index contributed by atoms with van der Waals surface area (Å²) in [6.45, 7) is 5.37. The Balaban J connectivity index is 1.61. The molecule has 0 bridgehead atoms. The lowest BCUT2D eigenvalue weighted by Crippen LogP contribution is -2.23. The Labute approximate surface area is 150 Å². The fourth-order valence-corrected chi connectivity index (χ4v) is 3.98. The summed E-state index contributed by atoms with van der Waals surface area (Å²) in [5, 5.41) is 4.78. The molecule has 0 spiro atoms. The highest BCUT2D eigenvalue weighted by Crippen LogP contribution is 2.31. The van der Waals surface area contributed by atoms with E-state index in [1.807, 2.05) is 7.05 Å². The summed E-state index contributed by atoms with van der Waals surface area (Å²) in [5.74, 6) is 0. The summed E-state index contributed by atoms with van der Waals surface area (Å²) in [5.41, 5.74) is 7.18. The number of nitrogens with zero attached hydrogens (tertiary/aromatic N) is 2. The number of likely N-dealkylation sites (N-methyl/N-ethyl adjacent to an activating group) is 1. The highest BCUT2D eigenvalue weighted by molar-refractivity contribution is 5.86. The second-order valence-corrected chi connectivity index (χ2v) is 7.43. The zero-order valence-corrected chi connectivity index (χ0v) is 15.4. The molecule has 4 rings (SSSR count). The van der Waals surface area contributed by atoms with Crippen LogP contribution in [0.2, 0.25) is 0 Å². The molecule has 0 radical (unpaired) electrons. The van der Waals surface area contributed by atoms with Crippen LogP contribution in [0, 0.1) is 0 Å². The van der Waals surface area contributed by atoms with Crippen LogP contribution >= 0.6 is 0 Å². The van der Waals surface area contributed by atoms with Crippen LogP contribution in [-0.2, 0) is 33.1 Å². The topological polar surface area (TPSA) is 20.2 Å². The number of benzene rings is 2. The number of fused-ring (bicyclic) bond motifs is 2. The second-order valence-electron chi connectivity index (χ2n) is 7.43. The Kier molecular flexibility index (Phi) is 4.36. The molecule has 0 fully saturated rings. The lowest BCUT2D eigenvalue weighted by molar-refractivity contribution is 0.275. The third kappa shape index (κ3) is 3.22. The molecule has 1 atom stereocenters. The number of hydrogen-bond acceptors (Lipinski definition) is 2. The molecule has 1 N–H and O–H groups in total. The smallest absolute Gasteiger partial charge is 0.0484 e. The largest absolute Gasteiger partial charge is 0.350 e. The fraction of sp³-hybridized carbons (Fsp3) is 0.364. The molecule has 3 nitrogen and oxygen atoms in total. The van der Waals surface area contributed by atoms with Gasteiger partial charge in [-0.15, -0.1) is 0 Å². The van der Waals surface area contributed by atoms with E-state index in [4.69, 9.17) is 0 Å². The van der Waals surface area contributed by atoms with E-state index < -0.39 is 0 Å². The molecule has 3 heteroatoms. The van der Waals surface area contributed by atoms with Crippen LogP contribution in [-0.4, -0.2) is 22.6 Å². The van der Waals surface area contributed by atoms with Crippen LogP contribution in [0.4, 0.5) is 0 Å². The first-order chi connectivity index (χ1) is 12.1. The van der Waals surface area contributed by atoms with Crippen molar-refractivity contribution in [3.05, 3.63) is 70.9 Å². The van der Waals surface area contributed by atoms with Gasteiger partial charge < -0.3 is 9.88 Å². The molecule has 0 saturated heterocycles. The van der Waals surface area contributed by atoms with Gasteiger partial charge in [0.15, 0.2) is 0 Å². The number of aryl methyl sites for hydroxylation is 1. The normalized spacial score (nSPS) is 15.6. The Morgan fingerprint density at radius 1 is 1.08 bits per heavy atom. The monoisotopic (exact) mass is 333 g/mol. The highest BCUT2D eigenvalue weighted by Gasteiger charge is 2.21. The summed E-state index contributed by atoms with van der Waals surface area (Å²) in [7, 11) is 4.20. The van der Waals surface area contributed by atoms with E-state index >= 15 is 0 Å². The highest BCUT2D eigenvalue weighted by atomic mass is 15.1. The maximum atomic E-state index is 3.36. The molecule has 1 aliphatic rings. The van der Waals surface area contributed by atoms with Crippen molar-refractivity contribution in [2.45, 2.75) is 39.0 Å². The quantitative estimate of drug-likeness (QED) is 0.765. The van der Waals surface area contributed by atoms with Gasteiger partial charge in [-0.1, -0.05) is 30.3 Å². The molecular weight excluding hydrogens is 306 g/mol. The van der Waals surface area contributed by atoms with Crippen LogP contribution in [0.5, 0.6) is 0 Å². The van der Waals surface area contributed by atoms with Crippen molar-refractivity contribution >= 4 is 10.9 Å². The Bertz CT molecular complexity index is 879. The molecular formula is C22H27N3. The molecule has 130 valence electrons. The zero-order chi connectivity index (χ0) is 17.4. The van der Waals surface area contributed by atoms with Gasteiger partial charge in [0.25, 0.3) is 0 Å². The lowest BCUT2D eigenvalue weighted by atomic mass is 10.0. The summed E-state index contributed by atoms with van der Waals surface area (Å²) in [6, 6.07) is 16.1. The summed E-state index contributed by atoms with van der Waals surface area (Å²) in [6.07, 6.45) is 3.37. The third-order valence-electron chi connectivity index (χ3n) is 5.45. The van der Waals surface area contributed by atoms with Crippen molar-refractivity contribution in [2.75, 3.05) is 7.05 Å². The maximum Gasteiger partial charge on any atom is 0.0484 e. The Morgan fingerprint density at radius 3 is 2.52 bits per heavy atom. The van der Waals surface area contributed by atoms with Gasteiger partial charge >= 0.3 is 0 Å². The first-order valence-corrected chi connectivity index (χ1v) is 9.17. The van der Waals surface area contributed by atoms with E-state index in [9.17, 15) is 0 Å². The first kappa shape index (κ1) is 16.4. The van der Waals surface area contributed by atoms with Crippen LogP contribution in [0.25, 0.3) is 10.9 Å². The Morgan fingerprint density at radius 2 is 1.80 bits per heavy atom. The SMILES string of the molecule is CNC(C)Cc1cn(C)c2cc3c(cc12)CN(Cc1ccccc1)C3. The van der Waals surface area contributed by atoms with Crippen molar-refractivity contribution in [2.24, 2.45) is 7.05 Å². The average Bonchev–Trinajstić information content (AvgIpc) is 3.14. The zero-order valence-electron chi connectivity index (χ0n) is 15.4. The minimum atomic E-state index is 0.494. The maximum absolute atomic E-state index is 3.36. The summed E-state index contributed by atoms with van der Waals surface area (Å²) >= 11 is 0. The molecule has 0 aliphatic carbocycles. The molecule has 25 heavy (non-hydrogen) atoms. The van der Waals surface area contributed by atoms with Gasteiger partial charge in [0, 0.05) is 49.8 Å². The van der Waals surface area contributed by atoms with E-state index in [1.54, 1.807) is 0 Å². The second kappa shape index (κ2) is 6.66. The molecule has 1 aliphatic heterocycles. The molecule has 2 aromatic carbocycles. The molecule has 1 unspecified atom stereocenters. The van der Waals surface area contributed by atoms with Crippen molar-refractivity contribution in [3.8, 4) is 0 Å². The van der Waals surface area contributed by atoms with Gasteiger partial charge in [0.1, 0.15) is 0 Å². The van der Waals surface area contributed by atoms with Crippen LogP contribution in [0.1, 0.15) is 29.2 Å². The number of aromatic nitrogens is 1. The summed E-state index contributed by atoms with van der Waals surface area (Å²) < 4.78 is 2.28. The number of nitrogens with one attached hydrogen (secondary N) is 1. The molecule has 0 amide bonds. The molecule has 1 aromatic heterocycles. The standard InChI is InChI=1S/C22H27N3/c1-16(23-2)9-20-13-24(3)22-11-19-15-25(14-18(19)10-21(20)22)12-17-7-5-4-6-8-17/h4-8,10-11,13,16,23H,9,12,14-15H2,1-3H3. The van der Waals surface area contributed by atoms with E-state index in [2.05, 4.69) is 77.4 Å². The molecule has 0 saturated carbocycles. The minimum Gasteiger partial charge on any atom is -0.350 e. The van der Waals surface area contributed by atoms with E-state index in [-0.39, 0.29) is 0 Å². The number of hydrogen-bond donors (Lipinski definition) is 1.